The summed E-state index contributed by atoms with van der Waals surface area (Å²) in [5.41, 5.74) is 6.03. The molecule has 0 unspecified atom stereocenters. The fourth-order valence-corrected chi connectivity index (χ4v) is 3.03. The van der Waals surface area contributed by atoms with Crippen LogP contribution in [0.5, 0.6) is 0 Å². The van der Waals surface area contributed by atoms with Crippen LogP contribution >= 0.6 is 11.3 Å². The van der Waals surface area contributed by atoms with Crippen molar-refractivity contribution in [1.82, 2.24) is 9.88 Å². The molecule has 1 saturated heterocycles. The van der Waals surface area contributed by atoms with Gasteiger partial charge in [0.05, 0.1) is 5.01 Å². The van der Waals surface area contributed by atoms with E-state index >= 15 is 0 Å². The van der Waals surface area contributed by atoms with Crippen LogP contribution < -0.4 is 5.73 Å². The molecule has 6 heteroatoms. The zero-order chi connectivity index (χ0) is 13.7. The molecule has 0 aromatic carbocycles. The second-order valence-corrected chi connectivity index (χ2v) is 5.85. The summed E-state index contributed by atoms with van der Waals surface area (Å²) < 4.78 is 5.33. The number of ether oxygens (including phenoxy) is 1. The number of hydrogen-bond donors (Lipinski definition) is 1. The van der Waals surface area contributed by atoms with E-state index in [1.807, 2.05) is 12.4 Å². The molecule has 0 bridgehead atoms. The van der Waals surface area contributed by atoms with Crippen LogP contribution in [-0.4, -0.2) is 49.1 Å². The Balaban J connectivity index is 1.89. The zero-order valence-electron chi connectivity index (χ0n) is 11.3. The van der Waals surface area contributed by atoms with Crippen LogP contribution in [0.4, 0.5) is 0 Å². The van der Waals surface area contributed by atoms with Crippen LogP contribution in [0, 0.1) is 5.92 Å². The van der Waals surface area contributed by atoms with Crippen LogP contribution in [0.2, 0.25) is 0 Å². The SMILES string of the molecule is CN(CC1CCOCC1)C(=O)c1csc(CCN)n1. The Labute approximate surface area is 117 Å². The summed E-state index contributed by atoms with van der Waals surface area (Å²) >= 11 is 1.51. The summed E-state index contributed by atoms with van der Waals surface area (Å²) in [5, 5.41) is 2.76. The van der Waals surface area contributed by atoms with Crippen LogP contribution in [-0.2, 0) is 11.2 Å². The molecule has 1 aliphatic rings. The first-order valence-corrected chi connectivity index (χ1v) is 7.56. The molecule has 0 radical (unpaired) electrons. The normalized spacial score (nSPS) is 16.5. The number of rotatable bonds is 5. The Bertz CT molecular complexity index is 416. The predicted octanol–water partition coefficient (Wildman–Crippen LogP) is 1.14. The number of carbonyl (C=O) groups is 1. The second-order valence-electron chi connectivity index (χ2n) is 4.91. The maximum absolute atomic E-state index is 12.2. The van der Waals surface area contributed by atoms with Gasteiger partial charge in [0, 0.05) is 38.6 Å². The Morgan fingerprint density at radius 3 is 3.00 bits per heavy atom. The summed E-state index contributed by atoms with van der Waals surface area (Å²) in [5.74, 6) is 0.552. The Hall–Kier alpha value is -0.980. The molecule has 1 amide bonds. The molecule has 2 heterocycles. The third kappa shape index (κ3) is 3.99. The molecule has 1 aromatic heterocycles. The summed E-state index contributed by atoms with van der Waals surface area (Å²) in [6.07, 6.45) is 2.81. The van der Waals surface area contributed by atoms with Crippen LogP contribution in [0.1, 0.15) is 28.3 Å². The van der Waals surface area contributed by atoms with Crippen LogP contribution in [0.25, 0.3) is 0 Å². The van der Waals surface area contributed by atoms with Gasteiger partial charge in [0.1, 0.15) is 5.69 Å². The van der Waals surface area contributed by atoms with Crippen molar-refractivity contribution in [2.45, 2.75) is 19.3 Å². The minimum atomic E-state index is 0.00557. The third-order valence-corrected chi connectivity index (χ3v) is 4.26. The molecule has 2 N–H and O–H groups in total. The molecule has 19 heavy (non-hydrogen) atoms. The number of thiazole rings is 1. The fourth-order valence-electron chi connectivity index (χ4n) is 2.24. The summed E-state index contributed by atoms with van der Waals surface area (Å²) in [4.78, 5) is 18.4. The van der Waals surface area contributed by atoms with Gasteiger partial charge in [-0.3, -0.25) is 4.79 Å². The minimum Gasteiger partial charge on any atom is -0.381 e. The lowest BCUT2D eigenvalue weighted by Crippen LogP contribution is -2.34. The zero-order valence-corrected chi connectivity index (χ0v) is 12.1. The van der Waals surface area contributed by atoms with E-state index in [0.29, 0.717) is 18.2 Å². The molecule has 1 fully saturated rings. The number of carbonyl (C=O) groups excluding carboxylic acids is 1. The van der Waals surface area contributed by atoms with Crippen molar-refractivity contribution in [3.8, 4) is 0 Å². The number of hydrogen-bond acceptors (Lipinski definition) is 5. The summed E-state index contributed by atoms with van der Waals surface area (Å²) in [7, 11) is 1.85. The molecule has 5 nitrogen and oxygen atoms in total. The molecule has 106 valence electrons. The van der Waals surface area contributed by atoms with E-state index in [9.17, 15) is 4.79 Å². The van der Waals surface area contributed by atoms with E-state index < -0.39 is 0 Å². The van der Waals surface area contributed by atoms with Gasteiger partial charge in [0.25, 0.3) is 5.91 Å². The Morgan fingerprint density at radius 2 is 2.32 bits per heavy atom. The number of amides is 1. The number of nitrogens with zero attached hydrogens (tertiary/aromatic N) is 2. The van der Waals surface area contributed by atoms with Gasteiger partial charge in [-0.2, -0.15) is 0 Å². The smallest absolute Gasteiger partial charge is 0.273 e. The third-order valence-electron chi connectivity index (χ3n) is 3.35. The largest absolute Gasteiger partial charge is 0.381 e. The van der Waals surface area contributed by atoms with Gasteiger partial charge in [-0.15, -0.1) is 11.3 Å². The second kappa shape index (κ2) is 6.98. The van der Waals surface area contributed by atoms with Crippen molar-refractivity contribution >= 4 is 17.2 Å². The van der Waals surface area contributed by atoms with Gasteiger partial charge < -0.3 is 15.4 Å². The molecular weight excluding hydrogens is 262 g/mol. The predicted molar refractivity (Wildman–Crippen MR) is 75.4 cm³/mol. The van der Waals surface area contributed by atoms with E-state index in [1.165, 1.54) is 11.3 Å². The lowest BCUT2D eigenvalue weighted by molar-refractivity contribution is 0.0495. The molecule has 1 aromatic rings. The van der Waals surface area contributed by atoms with Crippen molar-refractivity contribution in [1.29, 1.82) is 0 Å². The topological polar surface area (TPSA) is 68.5 Å². The quantitative estimate of drug-likeness (QED) is 0.880. The Morgan fingerprint density at radius 1 is 1.58 bits per heavy atom. The lowest BCUT2D eigenvalue weighted by Gasteiger charge is -2.26. The standard InChI is InChI=1S/C13H21N3O2S/c1-16(8-10-3-6-18-7-4-10)13(17)11-9-19-12(15-11)2-5-14/h9-10H,2-8,14H2,1H3. The number of nitrogens with two attached hydrogens (primary N) is 1. The molecule has 0 saturated carbocycles. The highest BCUT2D eigenvalue weighted by Gasteiger charge is 2.20. The highest BCUT2D eigenvalue weighted by molar-refractivity contribution is 7.09. The van der Waals surface area contributed by atoms with Crippen LogP contribution in [0.15, 0.2) is 5.38 Å². The fraction of sp³-hybridized carbons (Fsp3) is 0.692. The maximum Gasteiger partial charge on any atom is 0.273 e. The molecule has 0 atom stereocenters. The van der Waals surface area contributed by atoms with Gasteiger partial charge in [0.2, 0.25) is 0 Å². The van der Waals surface area contributed by atoms with Crippen molar-refractivity contribution < 1.29 is 9.53 Å². The molecule has 0 spiro atoms. The van der Waals surface area contributed by atoms with Gasteiger partial charge in [-0.1, -0.05) is 0 Å². The van der Waals surface area contributed by atoms with E-state index in [0.717, 1.165) is 44.0 Å². The number of aromatic nitrogens is 1. The van der Waals surface area contributed by atoms with Gasteiger partial charge in [-0.05, 0) is 25.3 Å². The van der Waals surface area contributed by atoms with E-state index in [4.69, 9.17) is 10.5 Å². The van der Waals surface area contributed by atoms with Gasteiger partial charge in [-0.25, -0.2) is 4.98 Å². The average molecular weight is 283 g/mol. The Kier molecular flexibility index (Phi) is 5.30. The maximum atomic E-state index is 12.2. The van der Waals surface area contributed by atoms with E-state index in [2.05, 4.69) is 4.98 Å². The monoisotopic (exact) mass is 283 g/mol. The first-order valence-electron chi connectivity index (χ1n) is 6.68. The summed E-state index contributed by atoms with van der Waals surface area (Å²) in [6.45, 7) is 2.97. The van der Waals surface area contributed by atoms with E-state index in [-0.39, 0.29) is 5.91 Å². The average Bonchev–Trinajstić information content (AvgIpc) is 2.88. The van der Waals surface area contributed by atoms with Gasteiger partial charge in [0.15, 0.2) is 0 Å². The van der Waals surface area contributed by atoms with E-state index in [1.54, 1.807) is 4.90 Å². The highest BCUT2D eigenvalue weighted by atomic mass is 32.1. The van der Waals surface area contributed by atoms with Crippen LogP contribution in [0.3, 0.4) is 0 Å². The molecule has 2 rings (SSSR count). The minimum absolute atomic E-state index is 0.00557. The van der Waals surface area contributed by atoms with Crippen molar-refractivity contribution in [3.05, 3.63) is 16.1 Å². The van der Waals surface area contributed by atoms with Crippen molar-refractivity contribution in [2.24, 2.45) is 11.7 Å². The van der Waals surface area contributed by atoms with Crippen molar-refractivity contribution in [3.63, 3.8) is 0 Å². The summed E-state index contributed by atoms with van der Waals surface area (Å²) in [6, 6.07) is 0. The molecule has 0 aliphatic carbocycles. The first kappa shape index (κ1) is 14.4. The van der Waals surface area contributed by atoms with Gasteiger partial charge >= 0.3 is 0 Å². The first-order chi connectivity index (χ1) is 9.20. The molecule has 1 aliphatic heterocycles. The van der Waals surface area contributed by atoms with Crippen molar-refractivity contribution in [2.75, 3.05) is 33.4 Å². The lowest BCUT2D eigenvalue weighted by atomic mass is 10.00. The molecular formula is C13H21N3O2S. The highest BCUT2D eigenvalue weighted by Crippen LogP contribution is 2.17.